The maximum atomic E-state index is 13.2. The Bertz CT molecular complexity index is 867. The maximum Gasteiger partial charge on any atom is 0.252 e. The number of nitrogens with one attached hydrogen (secondary N) is 1. The summed E-state index contributed by atoms with van der Waals surface area (Å²) in [4.78, 5) is 22.7. The number of hydrogen-bond acceptors (Lipinski definition) is 4. The molecule has 2 aliphatic rings. The highest BCUT2D eigenvalue weighted by Crippen LogP contribution is 2.28. The Morgan fingerprint density at radius 2 is 1.81 bits per heavy atom. The number of hydrogen-bond donors (Lipinski definition) is 1. The van der Waals surface area contributed by atoms with Gasteiger partial charge in [-0.1, -0.05) is 37.5 Å². The second-order valence-corrected chi connectivity index (χ2v) is 9.78. The molecule has 0 radical (unpaired) electrons. The van der Waals surface area contributed by atoms with Gasteiger partial charge >= 0.3 is 0 Å². The van der Waals surface area contributed by atoms with Gasteiger partial charge in [-0.15, -0.1) is 0 Å². The first-order valence-electron chi connectivity index (χ1n) is 12.2. The number of aromatic nitrogens is 1. The smallest absolute Gasteiger partial charge is 0.252 e. The molecule has 0 spiro atoms. The molecular weight excluding hydrogens is 384 g/mol. The van der Waals surface area contributed by atoms with E-state index >= 15 is 0 Å². The van der Waals surface area contributed by atoms with E-state index in [0.717, 1.165) is 54.4 Å². The standard InChI is InChI=1S/C26H38N4O/c1-29(2)15-12-20-13-16-30(17-14-20)25-18-23(22-10-6-7-11-24(22)28-25)26(31)27-19-21-8-4-3-5-9-21/h6-7,10-11,18,20-21H,3-5,8-9,12-17,19H2,1-2H3,(H,27,31). The molecule has 0 atom stereocenters. The number of anilines is 1. The first kappa shape index (κ1) is 22.1. The van der Waals surface area contributed by atoms with Crippen molar-refractivity contribution in [3.8, 4) is 0 Å². The van der Waals surface area contributed by atoms with Gasteiger partial charge in [-0.2, -0.15) is 0 Å². The van der Waals surface area contributed by atoms with Crippen LogP contribution in [-0.2, 0) is 0 Å². The van der Waals surface area contributed by atoms with E-state index in [1.54, 1.807) is 0 Å². The van der Waals surface area contributed by atoms with Crippen LogP contribution in [0.25, 0.3) is 10.9 Å². The zero-order chi connectivity index (χ0) is 21.6. The third kappa shape index (κ3) is 5.76. The van der Waals surface area contributed by atoms with Crippen molar-refractivity contribution in [2.24, 2.45) is 11.8 Å². The second-order valence-electron chi connectivity index (χ2n) is 9.78. The number of benzene rings is 1. The first-order valence-corrected chi connectivity index (χ1v) is 12.2. The van der Waals surface area contributed by atoms with Crippen molar-refractivity contribution < 1.29 is 4.79 Å². The van der Waals surface area contributed by atoms with Crippen LogP contribution in [0.1, 0.15) is 61.7 Å². The third-order valence-electron chi connectivity index (χ3n) is 7.15. The maximum absolute atomic E-state index is 13.2. The number of rotatable bonds is 7. The molecule has 31 heavy (non-hydrogen) atoms. The molecule has 4 rings (SSSR count). The van der Waals surface area contributed by atoms with E-state index in [2.05, 4.69) is 29.2 Å². The molecule has 1 amide bonds. The van der Waals surface area contributed by atoms with E-state index in [1.807, 2.05) is 30.3 Å². The normalized spacial score (nSPS) is 18.6. The highest BCUT2D eigenvalue weighted by atomic mass is 16.1. The van der Waals surface area contributed by atoms with Crippen LogP contribution in [0, 0.1) is 11.8 Å². The Balaban J connectivity index is 1.47. The molecule has 2 heterocycles. The Kier molecular flexibility index (Phi) is 7.44. The lowest BCUT2D eigenvalue weighted by atomic mass is 9.89. The number of carbonyl (C=O) groups is 1. The third-order valence-corrected chi connectivity index (χ3v) is 7.15. The predicted octanol–water partition coefficient (Wildman–Crippen LogP) is 4.71. The number of fused-ring (bicyclic) bond motifs is 1. The molecule has 168 valence electrons. The average molecular weight is 423 g/mol. The van der Waals surface area contributed by atoms with Crippen LogP contribution in [0.4, 0.5) is 5.82 Å². The summed E-state index contributed by atoms with van der Waals surface area (Å²) in [5.41, 5.74) is 1.68. The zero-order valence-corrected chi connectivity index (χ0v) is 19.3. The molecule has 2 fully saturated rings. The van der Waals surface area contributed by atoms with Gasteiger partial charge in [0, 0.05) is 25.0 Å². The second kappa shape index (κ2) is 10.4. The fourth-order valence-electron chi connectivity index (χ4n) is 5.13. The highest BCUT2D eigenvalue weighted by Gasteiger charge is 2.23. The van der Waals surface area contributed by atoms with Gasteiger partial charge < -0.3 is 15.1 Å². The molecule has 5 nitrogen and oxygen atoms in total. The van der Waals surface area contributed by atoms with Crippen molar-refractivity contribution in [2.75, 3.05) is 45.2 Å². The van der Waals surface area contributed by atoms with E-state index < -0.39 is 0 Å². The lowest BCUT2D eigenvalue weighted by Crippen LogP contribution is -2.35. The zero-order valence-electron chi connectivity index (χ0n) is 19.3. The molecule has 1 aromatic carbocycles. The topological polar surface area (TPSA) is 48.5 Å². The minimum absolute atomic E-state index is 0.0475. The van der Waals surface area contributed by atoms with Crippen LogP contribution in [0.2, 0.25) is 0 Å². The molecule has 0 bridgehead atoms. The van der Waals surface area contributed by atoms with Gasteiger partial charge in [-0.3, -0.25) is 4.79 Å². The van der Waals surface area contributed by atoms with Gasteiger partial charge in [0.25, 0.3) is 5.91 Å². The Morgan fingerprint density at radius 3 is 2.55 bits per heavy atom. The lowest BCUT2D eigenvalue weighted by Gasteiger charge is -2.33. The number of piperidine rings is 1. The molecule has 2 aromatic rings. The van der Waals surface area contributed by atoms with Crippen LogP contribution < -0.4 is 10.2 Å². The minimum Gasteiger partial charge on any atom is -0.357 e. The summed E-state index contributed by atoms with van der Waals surface area (Å²) in [5, 5.41) is 4.19. The van der Waals surface area contributed by atoms with Crippen molar-refractivity contribution in [1.82, 2.24) is 15.2 Å². The quantitative estimate of drug-likeness (QED) is 0.702. The lowest BCUT2D eigenvalue weighted by molar-refractivity contribution is 0.0945. The van der Waals surface area contributed by atoms with E-state index in [0.29, 0.717) is 5.92 Å². The summed E-state index contributed by atoms with van der Waals surface area (Å²) < 4.78 is 0. The number of nitrogens with zero attached hydrogens (tertiary/aromatic N) is 3. The van der Waals surface area contributed by atoms with Gasteiger partial charge in [-0.05, 0) is 76.7 Å². The number of pyridine rings is 1. The van der Waals surface area contributed by atoms with Crippen LogP contribution in [0.15, 0.2) is 30.3 Å². The van der Waals surface area contributed by atoms with Crippen molar-refractivity contribution in [3.05, 3.63) is 35.9 Å². The fourth-order valence-corrected chi connectivity index (χ4v) is 5.13. The number of para-hydroxylation sites is 1. The van der Waals surface area contributed by atoms with Crippen molar-refractivity contribution in [3.63, 3.8) is 0 Å². The molecule has 1 aliphatic carbocycles. The monoisotopic (exact) mass is 422 g/mol. The summed E-state index contributed by atoms with van der Waals surface area (Å²) in [6.07, 6.45) is 10.1. The summed E-state index contributed by atoms with van der Waals surface area (Å²) in [6, 6.07) is 10.1. The molecular formula is C26H38N4O. The van der Waals surface area contributed by atoms with Crippen LogP contribution in [-0.4, -0.2) is 56.1 Å². The van der Waals surface area contributed by atoms with Crippen molar-refractivity contribution >= 4 is 22.6 Å². The Hall–Kier alpha value is -2.14. The van der Waals surface area contributed by atoms with Gasteiger partial charge in [0.1, 0.15) is 5.82 Å². The van der Waals surface area contributed by atoms with Gasteiger partial charge in [0.05, 0.1) is 11.1 Å². The molecule has 1 saturated carbocycles. The predicted molar refractivity (Wildman–Crippen MR) is 129 cm³/mol. The van der Waals surface area contributed by atoms with Gasteiger partial charge in [-0.25, -0.2) is 4.98 Å². The molecule has 1 aliphatic heterocycles. The van der Waals surface area contributed by atoms with Crippen molar-refractivity contribution in [1.29, 1.82) is 0 Å². The van der Waals surface area contributed by atoms with Gasteiger partial charge in [0.2, 0.25) is 0 Å². The average Bonchev–Trinajstić information content (AvgIpc) is 2.81. The van der Waals surface area contributed by atoms with Crippen LogP contribution >= 0.6 is 0 Å². The number of amides is 1. The SMILES string of the molecule is CN(C)CCC1CCN(c2cc(C(=O)NCC3CCCCC3)c3ccccc3n2)CC1. The van der Waals surface area contributed by atoms with Crippen LogP contribution in [0.3, 0.4) is 0 Å². The highest BCUT2D eigenvalue weighted by molar-refractivity contribution is 6.07. The summed E-state index contributed by atoms with van der Waals surface area (Å²) >= 11 is 0. The van der Waals surface area contributed by atoms with E-state index in [9.17, 15) is 4.79 Å². The molecule has 1 saturated heterocycles. The van der Waals surface area contributed by atoms with E-state index in [-0.39, 0.29) is 5.91 Å². The molecule has 0 unspecified atom stereocenters. The summed E-state index contributed by atoms with van der Waals surface area (Å²) in [6.45, 7) is 3.99. The Labute approximate surface area is 187 Å². The molecule has 1 N–H and O–H groups in total. The van der Waals surface area contributed by atoms with Crippen LogP contribution in [0.5, 0.6) is 0 Å². The fraction of sp³-hybridized carbons (Fsp3) is 0.615. The molecule has 1 aromatic heterocycles. The molecule has 5 heteroatoms. The summed E-state index contributed by atoms with van der Waals surface area (Å²) in [7, 11) is 4.30. The minimum atomic E-state index is 0.0475. The van der Waals surface area contributed by atoms with Gasteiger partial charge in [0.15, 0.2) is 0 Å². The van der Waals surface area contributed by atoms with Crippen molar-refractivity contribution in [2.45, 2.75) is 51.4 Å². The summed E-state index contributed by atoms with van der Waals surface area (Å²) in [5.74, 6) is 2.42. The first-order chi connectivity index (χ1) is 15.1. The largest absolute Gasteiger partial charge is 0.357 e. The number of carbonyl (C=O) groups excluding carboxylic acids is 1. The van der Waals surface area contributed by atoms with E-state index in [4.69, 9.17) is 4.98 Å². The van der Waals surface area contributed by atoms with E-state index in [1.165, 1.54) is 51.4 Å². The Morgan fingerprint density at radius 1 is 1.06 bits per heavy atom.